The average molecular weight is 403 g/mol. The van der Waals surface area contributed by atoms with Crippen molar-refractivity contribution >= 4 is 5.69 Å². The lowest BCUT2D eigenvalue weighted by Crippen LogP contribution is -2.40. The zero-order valence-corrected chi connectivity index (χ0v) is 17.9. The van der Waals surface area contributed by atoms with Gasteiger partial charge in [-0.3, -0.25) is 0 Å². The number of benzene rings is 2. The molecule has 4 rings (SSSR count). The van der Waals surface area contributed by atoms with E-state index in [-0.39, 0.29) is 6.10 Å². The standard InChI is InChI=1S/C26H30N2O2/c1-3-14-28(24-15-21(17-27)12-11-20(24)2)18-22-8-7-13-26(16-22)29-19-25(30-26)23-9-5-4-6-10-23/h3-6,9-12,14-15,22,25H,7-8,13,16,18-19H2,1-2H3/b14-3-. The highest BCUT2D eigenvalue weighted by Gasteiger charge is 2.45. The molecule has 4 nitrogen and oxygen atoms in total. The quantitative estimate of drug-likeness (QED) is 0.626. The molecule has 3 atom stereocenters. The van der Waals surface area contributed by atoms with Gasteiger partial charge in [0.25, 0.3) is 0 Å². The first kappa shape index (κ1) is 20.7. The highest BCUT2D eigenvalue weighted by atomic mass is 16.7. The Hall–Kier alpha value is -2.61. The molecule has 0 radical (unpaired) electrons. The highest BCUT2D eigenvalue weighted by Crippen LogP contribution is 2.45. The van der Waals surface area contributed by atoms with Crippen molar-refractivity contribution in [2.75, 3.05) is 18.1 Å². The molecule has 30 heavy (non-hydrogen) atoms. The third-order valence-electron chi connectivity index (χ3n) is 6.23. The lowest BCUT2D eigenvalue weighted by Gasteiger charge is -2.38. The number of nitrogens with zero attached hydrogens (tertiary/aromatic N) is 2. The van der Waals surface area contributed by atoms with E-state index in [2.05, 4.69) is 54.4 Å². The highest BCUT2D eigenvalue weighted by molar-refractivity contribution is 5.59. The summed E-state index contributed by atoms with van der Waals surface area (Å²) in [6, 6.07) is 18.5. The summed E-state index contributed by atoms with van der Waals surface area (Å²) in [5.41, 5.74) is 4.16. The molecule has 2 aliphatic rings. The molecular weight excluding hydrogens is 372 g/mol. The number of aryl methyl sites for hydroxylation is 1. The van der Waals surface area contributed by atoms with Crippen molar-refractivity contribution in [3.63, 3.8) is 0 Å². The van der Waals surface area contributed by atoms with Gasteiger partial charge < -0.3 is 14.4 Å². The maximum Gasteiger partial charge on any atom is 0.169 e. The lowest BCUT2D eigenvalue weighted by atomic mass is 9.84. The van der Waals surface area contributed by atoms with Gasteiger partial charge in [0.2, 0.25) is 0 Å². The van der Waals surface area contributed by atoms with Gasteiger partial charge in [-0.25, -0.2) is 0 Å². The largest absolute Gasteiger partial charge is 0.348 e. The van der Waals surface area contributed by atoms with Crippen LogP contribution in [0.2, 0.25) is 0 Å². The number of allylic oxidation sites excluding steroid dienone is 1. The summed E-state index contributed by atoms with van der Waals surface area (Å²) in [5.74, 6) is 0.00352. The Bertz CT molecular complexity index is 934. The van der Waals surface area contributed by atoms with Crippen molar-refractivity contribution in [3.05, 3.63) is 77.5 Å². The fraction of sp³-hybridized carbons (Fsp3) is 0.423. The van der Waals surface area contributed by atoms with E-state index in [1.165, 1.54) is 11.1 Å². The van der Waals surface area contributed by atoms with Gasteiger partial charge in [-0.05, 0) is 62.1 Å². The van der Waals surface area contributed by atoms with Crippen LogP contribution in [0, 0.1) is 24.2 Å². The zero-order valence-electron chi connectivity index (χ0n) is 17.9. The van der Waals surface area contributed by atoms with Gasteiger partial charge in [0.05, 0.1) is 18.2 Å². The topological polar surface area (TPSA) is 45.5 Å². The summed E-state index contributed by atoms with van der Waals surface area (Å²) >= 11 is 0. The molecule has 0 aromatic heterocycles. The van der Waals surface area contributed by atoms with Crippen LogP contribution in [0.15, 0.2) is 60.8 Å². The van der Waals surface area contributed by atoms with Crippen LogP contribution < -0.4 is 4.90 Å². The van der Waals surface area contributed by atoms with Crippen LogP contribution in [0.25, 0.3) is 0 Å². The van der Waals surface area contributed by atoms with Crippen molar-refractivity contribution in [2.45, 2.75) is 51.4 Å². The monoisotopic (exact) mass is 402 g/mol. The van der Waals surface area contributed by atoms with Gasteiger partial charge in [0.15, 0.2) is 5.79 Å². The number of ether oxygens (including phenoxy) is 2. The first-order chi connectivity index (χ1) is 14.6. The molecule has 1 saturated carbocycles. The van der Waals surface area contributed by atoms with Gasteiger partial charge in [0, 0.05) is 25.1 Å². The molecule has 2 aromatic carbocycles. The fourth-order valence-electron chi connectivity index (χ4n) is 4.77. The molecule has 2 aromatic rings. The lowest BCUT2D eigenvalue weighted by molar-refractivity contribution is -0.196. The predicted octanol–water partition coefficient (Wildman–Crippen LogP) is 5.88. The van der Waals surface area contributed by atoms with Crippen molar-refractivity contribution in [3.8, 4) is 6.07 Å². The minimum atomic E-state index is -0.464. The summed E-state index contributed by atoms with van der Waals surface area (Å²) in [6.45, 7) is 5.65. The maximum atomic E-state index is 9.32. The Labute approximate surface area is 179 Å². The molecule has 156 valence electrons. The van der Waals surface area contributed by atoms with Gasteiger partial charge in [0.1, 0.15) is 6.10 Å². The zero-order chi connectivity index (χ0) is 21.0. The molecule has 1 heterocycles. The molecule has 1 aliphatic carbocycles. The Balaban J connectivity index is 1.48. The van der Waals surface area contributed by atoms with Gasteiger partial charge in [-0.2, -0.15) is 5.26 Å². The third kappa shape index (κ3) is 4.43. The molecule has 1 aliphatic heterocycles. The summed E-state index contributed by atoms with van der Waals surface area (Å²) in [5, 5.41) is 9.32. The second-order valence-electron chi connectivity index (χ2n) is 8.45. The predicted molar refractivity (Wildman–Crippen MR) is 119 cm³/mol. The van der Waals surface area contributed by atoms with E-state index < -0.39 is 5.79 Å². The van der Waals surface area contributed by atoms with Crippen molar-refractivity contribution < 1.29 is 9.47 Å². The van der Waals surface area contributed by atoms with Crippen LogP contribution in [-0.2, 0) is 9.47 Å². The normalized spacial score (nSPS) is 26.2. The van der Waals surface area contributed by atoms with Crippen LogP contribution in [0.1, 0.15) is 55.4 Å². The van der Waals surface area contributed by atoms with E-state index in [1.54, 1.807) is 0 Å². The minimum absolute atomic E-state index is 0.0196. The van der Waals surface area contributed by atoms with Crippen molar-refractivity contribution in [1.82, 2.24) is 0 Å². The summed E-state index contributed by atoms with van der Waals surface area (Å²) in [7, 11) is 0. The second kappa shape index (κ2) is 9.04. The van der Waals surface area contributed by atoms with Crippen LogP contribution in [0.5, 0.6) is 0 Å². The van der Waals surface area contributed by atoms with Gasteiger partial charge in [-0.15, -0.1) is 0 Å². The number of hydrogen-bond acceptors (Lipinski definition) is 4. The van der Waals surface area contributed by atoms with Crippen LogP contribution in [0.3, 0.4) is 0 Å². The minimum Gasteiger partial charge on any atom is -0.348 e. The van der Waals surface area contributed by atoms with E-state index in [0.717, 1.165) is 37.9 Å². The second-order valence-corrected chi connectivity index (χ2v) is 8.45. The van der Waals surface area contributed by atoms with Crippen LogP contribution in [-0.4, -0.2) is 18.9 Å². The molecule has 4 heteroatoms. The molecule has 0 N–H and O–H groups in total. The molecule has 3 unspecified atom stereocenters. The summed E-state index contributed by atoms with van der Waals surface area (Å²) in [4.78, 5) is 2.28. The first-order valence-corrected chi connectivity index (χ1v) is 10.9. The Morgan fingerprint density at radius 2 is 2.07 bits per heavy atom. The van der Waals surface area contributed by atoms with Crippen LogP contribution >= 0.6 is 0 Å². The summed E-state index contributed by atoms with van der Waals surface area (Å²) in [6.07, 6.45) is 8.33. The molecular formula is C26H30N2O2. The number of hydrogen-bond donors (Lipinski definition) is 0. The van der Waals surface area contributed by atoms with Crippen molar-refractivity contribution in [1.29, 1.82) is 5.26 Å². The van der Waals surface area contributed by atoms with E-state index in [9.17, 15) is 5.26 Å². The van der Waals surface area contributed by atoms with E-state index in [4.69, 9.17) is 9.47 Å². The first-order valence-electron chi connectivity index (χ1n) is 10.9. The van der Waals surface area contributed by atoms with E-state index in [1.807, 2.05) is 31.2 Å². The summed E-state index contributed by atoms with van der Waals surface area (Å²) < 4.78 is 12.8. The average Bonchev–Trinajstić information content (AvgIpc) is 3.17. The molecule has 1 spiro atoms. The van der Waals surface area contributed by atoms with Gasteiger partial charge in [-0.1, -0.05) is 42.5 Å². The SMILES string of the molecule is C/C=C\N(CC1CCCC2(C1)OCC(c1ccccc1)O2)c1cc(C#N)ccc1C. The third-order valence-corrected chi connectivity index (χ3v) is 6.23. The molecule has 0 amide bonds. The van der Waals surface area contributed by atoms with E-state index >= 15 is 0 Å². The Morgan fingerprint density at radius 3 is 2.83 bits per heavy atom. The van der Waals surface area contributed by atoms with Crippen molar-refractivity contribution in [2.24, 2.45) is 5.92 Å². The molecule has 0 bridgehead atoms. The van der Waals surface area contributed by atoms with Gasteiger partial charge >= 0.3 is 0 Å². The smallest absolute Gasteiger partial charge is 0.169 e. The number of anilines is 1. The number of rotatable bonds is 5. The molecule has 1 saturated heterocycles. The van der Waals surface area contributed by atoms with Crippen LogP contribution in [0.4, 0.5) is 5.69 Å². The fourth-order valence-corrected chi connectivity index (χ4v) is 4.77. The number of nitriles is 1. The molecule has 2 fully saturated rings. The van der Waals surface area contributed by atoms with E-state index in [0.29, 0.717) is 18.1 Å². The Kier molecular flexibility index (Phi) is 6.22. The maximum absolute atomic E-state index is 9.32. The Morgan fingerprint density at radius 1 is 1.23 bits per heavy atom.